The first-order chi connectivity index (χ1) is 5.52. The van der Waals surface area contributed by atoms with Crippen molar-refractivity contribution in [3.63, 3.8) is 0 Å². The molecule has 1 fully saturated rings. The molecule has 3 N–H and O–H groups in total. The molecule has 0 bridgehead atoms. The second kappa shape index (κ2) is 2.05. The fourth-order valence-electron chi connectivity index (χ4n) is 1.33. The Kier molecular flexibility index (Phi) is 1.31. The molecule has 0 aliphatic carbocycles. The Morgan fingerprint density at radius 1 is 1.58 bits per heavy atom. The molecular formula is C5H8N4O2S. The van der Waals surface area contributed by atoms with E-state index in [1.807, 2.05) is 0 Å². The summed E-state index contributed by atoms with van der Waals surface area (Å²) in [6.45, 7) is 0. The SMILES string of the molecule is NC1(c2cn[nH]n2)CS(=O)(=O)C1. The zero-order valence-corrected chi connectivity index (χ0v) is 7.00. The van der Waals surface area contributed by atoms with Gasteiger partial charge in [0.2, 0.25) is 0 Å². The second-order valence-electron chi connectivity index (χ2n) is 3.04. The summed E-state index contributed by atoms with van der Waals surface area (Å²) in [6.07, 6.45) is 1.45. The van der Waals surface area contributed by atoms with Crippen molar-refractivity contribution in [2.24, 2.45) is 5.73 Å². The van der Waals surface area contributed by atoms with E-state index in [1.165, 1.54) is 6.20 Å². The van der Waals surface area contributed by atoms with Gasteiger partial charge in [0.05, 0.1) is 23.2 Å². The Labute approximate surface area is 69.1 Å². The third-order valence-electron chi connectivity index (χ3n) is 1.88. The normalized spacial score (nSPS) is 24.8. The number of hydrogen-bond donors (Lipinski definition) is 2. The molecule has 2 rings (SSSR count). The van der Waals surface area contributed by atoms with E-state index in [2.05, 4.69) is 15.4 Å². The molecule has 0 aromatic carbocycles. The van der Waals surface area contributed by atoms with Gasteiger partial charge in [-0.15, -0.1) is 0 Å². The van der Waals surface area contributed by atoms with E-state index >= 15 is 0 Å². The van der Waals surface area contributed by atoms with Crippen molar-refractivity contribution < 1.29 is 8.42 Å². The van der Waals surface area contributed by atoms with Gasteiger partial charge in [0.1, 0.15) is 5.69 Å². The van der Waals surface area contributed by atoms with Crippen LogP contribution in [0.25, 0.3) is 0 Å². The predicted octanol–water partition coefficient (Wildman–Crippen LogP) is -1.61. The van der Waals surface area contributed by atoms with Crippen LogP contribution in [0, 0.1) is 0 Å². The summed E-state index contributed by atoms with van der Waals surface area (Å²) in [5.74, 6) is -0.0704. The number of aromatic nitrogens is 3. The number of nitrogens with zero attached hydrogens (tertiary/aromatic N) is 2. The second-order valence-corrected chi connectivity index (χ2v) is 5.11. The van der Waals surface area contributed by atoms with Crippen LogP contribution in [0.1, 0.15) is 5.69 Å². The minimum atomic E-state index is -2.92. The molecule has 12 heavy (non-hydrogen) atoms. The van der Waals surface area contributed by atoms with Gasteiger partial charge in [-0.1, -0.05) is 0 Å². The summed E-state index contributed by atoms with van der Waals surface area (Å²) in [5.41, 5.74) is 5.44. The highest BCUT2D eigenvalue weighted by Crippen LogP contribution is 2.29. The van der Waals surface area contributed by atoms with Crippen LogP contribution in [-0.4, -0.2) is 35.3 Å². The molecule has 0 radical (unpaired) electrons. The maximum Gasteiger partial charge on any atom is 0.154 e. The molecule has 1 aromatic rings. The third-order valence-corrected chi connectivity index (χ3v) is 3.79. The first-order valence-electron chi connectivity index (χ1n) is 3.37. The van der Waals surface area contributed by atoms with Crippen LogP contribution >= 0.6 is 0 Å². The average Bonchev–Trinajstić information content (AvgIpc) is 2.31. The van der Waals surface area contributed by atoms with Crippen molar-refractivity contribution in [2.75, 3.05) is 11.5 Å². The van der Waals surface area contributed by atoms with Gasteiger partial charge in [-0.05, 0) is 0 Å². The molecule has 1 aliphatic heterocycles. The van der Waals surface area contributed by atoms with Crippen LogP contribution in [0.2, 0.25) is 0 Å². The summed E-state index contributed by atoms with van der Waals surface area (Å²) in [7, 11) is -2.92. The summed E-state index contributed by atoms with van der Waals surface area (Å²) >= 11 is 0. The average molecular weight is 188 g/mol. The molecule has 66 valence electrons. The Morgan fingerprint density at radius 2 is 2.25 bits per heavy atom. The lowest BCUT2D eigenvalue weighted by molar-refractivity contribution is 0.461. The third kappa shape index (κ3) is 1.01. The van der Waals surface area contributed by atoms with Gasteiger partial charge >= 0.3 is 0 Å². The maximum absolute atomic E-state index is 10.9. The van der Waals surface area contributed by atoms with Crippen molar-refractivity contribution >= 4 is 9.84 Å². The van der Waals surface area contributed by atoms with E-state index in [1.54, 1.807) is 0 Å². The molecular weight excluding hydrogens is 180 g/mol. The molecule has 0 amide bonds. The molecule has 0 atom stereocenters. The quantitative estimate of drug-likeness (QED) is 0.552. The lowest BCUT2D eigenvalue weighted by Crippen LogP contribution is -2.58. The van der Waals surface area contributed by atoms with E-state index in [0.29, 0.717) is 5.69 Å². The van der Waals surface area contributed by atoms with Gasteiger partial charge in [-0.2, -0.15) is 15.4 Å². The van der Waals surface area contributed by atoms with E-state index in [4.69, 9.17) is 5.73 Å². The summed E-state index contributed by atoms with van der Waals surface area (Å²) in [6, 6.07) is 0. The van der Waals surface area contributed by atoms with Crippen LogP contribution in [-0.2, 0) is 15.4 Å². The highest BCUT2D eigenvalue weighted by atomic mass is 32.2. The van der Waals surface area contributed by atoms with Crippen LogP contribution in [0.5, 0.6) is 0 Å². The highest BCUT2D eigenvalue weighted by Gasteiger charge is 2.48. The van der Waals surface area contributed by atoms with Gasteiger partial charge in [0.25, 0.3) is 0 Å². The first kappa shape index (κ1) is 7.69. The van der Waals surface area contributed by atoms with Gasteiger partial charge in [-0.3, -0.25) is 0 Å². The minimum absolute atomic E-state index is 0.0352. The Morgan fingerprint density at radius 3 is 2.67 bits per heavy atom. The lowest BCUT2D eigenvalue weighted by atomic mass is 10.0. The molecule has 1 aromatic heterocycles. The van der Waals surface area contributed by atoms with Crippen molar-refractivity contribution in [2.45, 2.75) is 5.54 Å². The molecule has 0 unspecified atom stereocenters. The standard InChI is InChI=1S/C5H8N4O2S/c6-5(2-12(10,11)3-5)4-1-7-9-8-4/h1H,2-3,6H2,(H,7,8,9). The van der Waals surface area contributed by atoms with E-state index < -0.39 is 15.4 Å². The molecule has 7 heteroatoms. The number of rotatable bonds is 1. The van der Waals surface area contributed by atoms with Crippen LogP contribution < -0.4 is 5.73 Å². The summed E-state index contributed by atoms with van der Waals surface area (Å²) in [4.78, 5) is 0. The Balaban J connectivity index is 2.29. The molecule has 1 aliphatic rings. The maximum atomic E-state index is 10.9. The number of nitrogens with one attached hydrogen (secondary N) is 1. The van der Waals surface area contributed by atoms with Gasteiger partial charge in [-0.25, -0.2) is 8.42 Å². The Bertz CT molecular complexity index is 370. The van der Waals surface area contributed by atoms with Crippen LogP contribution in [0.3, 0.4) is 0 Å². The highest BCUT2D eigenvalue weighted by molar-refractivity contribution is 7.93. The molecule has 2 heterocycles. The zero-order chi connectivity index (χ0) is 8.82. The predicted molar refractivity (Wildman–Crippen MR) is 40.9 cm³/mol. The van der Waals surface area contributed by atoms with E-state index in [9.17, 15) is 8.42 Å². The summed E-state index contributed by atoms with van der Waals surface area (Å²) < 4.78 is 21.7. The largest absolute Gasteiger partial charge is 0.318 e. The Hall–Kier alpha value is -0.950. The van der Waals surface area contributed by atoms with Crippen LogP contribution in [0.4, 0.5) is 0 Å². The number of nitrogens with two attached hydrogens (primary N) is 1. The van der Waals surface area contributed by atoms with E-state index in [0.717, 1.165) is 0 Å². The van der Waals surface area contributed by atoms with Gasteiger partial charge in [0, 0.05) is 0 Å². The van der Waals surface area contributed by atoms with Crippen molar-refractivity contribution in [1.29, 1.82) is 0 Å². The van der Waals surface area contributed by atoms with Crippen molar-refractivity contribution in [1.82, 2.24) is 15.4 Å². The lowest BCUT2D eigenvalue weighted by Gasteiger charge is -2.35. The molecule has 0 saturated carbocycles. The zero-order valence-electron chi connectivity index (χ0n) is 6.19. The fraction of sp³-hybridized carbons (Fsp3) is 0.600. The monoisotopic (exact) mass is 188 g/mol. The minimum Gasteiger partial charge on any atom is -0.318 e. The number of hydrogen-bond acceptors (Lipinski definition) is 5. The molecule has 1 saturated heterocycles. The van der Waals surface area contributed by atoms with Crippen molar-refractivity contribution in [3.05, 3.63) is 11.9 Å². The van der Waals surface area contributed by atoms with Crippen molar-refractivity contribution in [3.8, 4) is 0 Å². The first-order valence-corrected chi connectivity index (χ1v) is 5.20. The van der Waals surface area contributed by atoms with Crippen LogP contribution in [0.15, 0.2) is 6.20 Å². The van der Waals surface area contributed by atoms with E-state index in [-0.39, 0.29) is 11.5 Å². The van der Waals surface area contributed by atoms with Gasteiger partial charge in [0.15, 0.2) is 9.84 Å². The topological polar surface area (TPSA) is 102 Å². The molecule has 0 spiro atoms. The number of H-pyrrole nitrogens is 1. The number of sulfone groups is 1. The van der Waals surface area contributed by atoms with Gasteiger partial charge < -0.3 is 5.73 Å². The smallest absolute Gasteiger partial charge is 0.154 e. The number of aromatic amines is 1. The fourth-order valence-corrected chi connectivity index (χ4v) is 3.11. The molecule has 6 nitrogen and oxygen atoms in total. The summed E-state index contributed by atoms with van der Waals surface area (Å²) in [5, 5.41) is 9.71.